The van der Waals surface area contributed by atoms with E-state index in [-0.39, 0.29) is 25.1 Å². The molecule has 0 spiro atoms. The highest BCUT2D eigenvalue weighted by Crippen LogP contribution is 2.27. The van der Waals surface area contributed by atoms with Crippen LogP contribution >= 0.6 is 23.5 Å². The average molecular weight is 841 g/mol. The number of benzene rings is 2. The number of ether oxygens (including phenoxy) is 6. The molecule has 2 amide bonds. The molecule has 0 radical (unpaired) electrons. The number of aromatic nitrogens is 4. The predicted molar refractivity (Wildman–Crippen MR) is 221 cm³/mol. The zero-order chi connectivity index (χ0) is 41.7. The van der Waals surface area contributed by atoms with E-state index in [1.54, 1.807) is 39.7 Å². The van der Waals surface area contributed by atoms with Crippen LogP contribution in [0.25, 0.3) is 0 Å². The number of hydrogen-bond donors (Lipinski definition) is 3. The summed E-state index contributed by atoms with van der Waals surface area (Å²) in [7, 11) is 4.78. The summed E-state index contributed by atoms with van der Waals surface area (Å²) in [6.45, 7) is 6.49. The van der Waals surface area contributed by atoms with E-state index >= 15 is 0 Å². The highest BCUT2D eigenvalue weighted by Gasteiger charge is 2.23. The molecule has 0 fully saturated rings. The van der Waals surface area contributed by atoms with E-state index in [0.717, 1.165) is 22.4 Å². The molecule has 0 aliphatic rings. The number of carbonyl (C=O) groups excluding carboxylic acids is 2. The number of thioether (sulfide) groups is 2. The van der Waals surface area contributed by atoms with Crippen molar-refractivity contribution in [1.29, 1.82) is 0 Å². The van der Waals surface area contributed by atoms with Crippen LogP contribution in [-0.2, 0) is 48.4 Å². The number of carbonyl (C=O) groups is 2. The van der Waals surface area contributed by atoms with E-state index in [0.29, 0.717) is 80.4 Å². The van der Waals surface area contributed by atoms with Gasteiger partial charge in [-0.2, -0.15) is 4.98 Å². The van der Waals surface area contributed by atoms with Crippen LogP contribution in [0.3, 0.4) is 0 Å². The second-order valence-electron chi connectivity index (χ2n) is 12.9. The molecule has 0 aliphatic heterocycles. The minimum absolute atomic E-state index is 0.0886. The highest BCUT2D eigenvalue weighted by molar-refractivity contribution is 8.00. The van der Waals surface area contributed by atoms with Crippen molar-refractivity contribution >= 4 is 35.3 Å². The first kappa shape index (κ1) is 46.0. The molecule has 0 bridgehead atoms. The summed E-state index contributed by atoms with van der Waals surface area (Å²) in [4.78, 5) is 62.4. The van der Waals surface area contributed by atoms with Gasteiger partial charge in [0.1, 0.15) is 16.5 Å². The molecule has 0 unspecified atom stereocenters. The van der Waals surface area contributed by atoms with Gasteiger partial charge in [0.05, 0.1) is 49.1 Å². The van der Waals surface area contributed by atoms with Crippen LogP contribution in [-0.4, -0.2) is 103 Å². The second-order valence-corrected chi connectivity index (χ2v) is 15.3. The van der Waals surface area contributed by atoms with Crippen molar-refractivity contribution in [2.24, 2.45) is 0 Å². The maximum atomic E-state index is 13.4. The monoisotopic (exact) mass is 840 g/mol. The Labute approximate surface area is 346 Å². The number of nitrogens with zero attached hydrogens (tertiary/aromatic N) is 3. The Morgan fingerprint density at radius 2 is 1.29 bits per heavy atom. The Hall–Kier alpha value is -4.72. The normalized spacial score (nSPS) is 12.2. The van der Waals surface area contributed by atoms with E-state index < -0.39 is 21.9 Å². The minimum atomic E-state index is -0.567. The lowest BCUT2D eigenvalue weighted by Gasteiger charge is -2.18. The van der Waals surface area contributed by atoms with Gasteiger partial charge >= 0.3 is 11.4 Å². The van der Waals surface area contributed by atoms with Crippen LogP contribution in [0.15, 0.2) is 80.6 Å². The number of rotatable bonds is 26. The number of methoxy groups -OCH3 is 3. The molecule has 0 saturated carbocycles. The Balaban J connectivity index is 1.33. The van der Waals surface area contributed by atoms with E-state index in [2.05, 4.69) is 25.6 Å². The Morgan fingerprint density at radius 1 is 0.741 bits per heavy atom. The predicted octanol–water partition coefficient (Wildman–Crippen LogP) is 3.65. The number of H-pyrrole nitrogens is 1. The molecule has 0 aliphatic carbocycles. The minimum Gasteiger partial charge on any atom is -0.497 e. The van der Waals surface area contributed by atoms with Gasteiger partial charge in [0, 0.05) is 52.9 Å². The van der Waals surface area contributed by atoms with Gasteiger partial charge < -0.3 is 44.0 Å². The smallest absolute Gasteiger partial charge is 0.351 e. The lowest BCUT2D eigenvalue weighted by atomic mass is 10.2. The molecular weight excluding hydrogens is 789 g/mol. The topological polar surface area (TPSA) is 194 Å². The molecule has 314 valence electrons. The van der Waals surface area contributed by atoms with Crippen molar-refractivity contribution < 1.29 is 38.0 Å². The van der Waals surface area contributed by atoms with E-state index in [9.17, 15) is 19.2 Å². The molecule has 2 aromatic heterocycles. The van der Waals surface area contributed by atoms with Crippen LogP contribution in [0.5, 0.6) is 11.5 Å². The third-order valence-electron chi connectivity index (χ3n) is 8.48. The Morgan fingerprint density at radius 3 is 1.84 bits per heavy atom. The average Bonchev–Trinajstić information content (AvgIpc) is 3.23. The van der Waals surface area contributed by atoms with Crippen LogP contribution < -0.4 is 31.5 Å². The van der Waals surface area contributed by atoms with Crippen molar-refractivity contribution in [2.75, 3.05) is 61.0 Å². The molecule has 18 heteroatoms. The fraction of sp³-hybridized carbons (Fsp3) is 0.450. The van der Waals surface area contributed by atoms with Crippen molar-refractivity contribution in [1.82, 2.24) is 30.2 Å². The molecule has 0 saturated heterocycles. The first-order valence-corrected chi connectivity index (χ1v) is 20.4. The van der Waals surface area contributed by atoms with Gasteiger partial charge in [-0.1, -0.05) is 47.8 Å². The summed E-state index contributed by atoms with van der Waals surface area (Å²) in [5.74, 6) is 0.828. The Kier molecular flexibility index (Phi) is 19.8. The molecule has 4 aromatic rings. The second kappa shape index (κ2) is 24.9. The summed E-state index contributed by atoms with van der Waals surface area (Å²) >= 11 is 2.47. The lowest BCUT2D eigenvalue weighted by Crippen LogP contribution is -2.34. The quantitative estimate of drug-likeness (QED) is 0.0471. The van der Waals surface area contributed by atoms with Crippen molar-refractivity contribution in [3.8, 4) is 11.5 Å². The first-order valence-electron chi connectivity index (χ1n) is 18.6. The van der Waals surface area contributed by atoms with Crippen LogP contribution in [0.4, 0.5) is 0 Å². The number of hydrogen-bond acceptors (Lipinski definition) is 14. The SMILES string of the molecule is COCCOCC[C@H](Sc1nc(=O)n(COc2ccc(CNC(=O)[C@@H](CCOCCOC)Sc3[nH]c(=O)ncc3C)cc2)cc1C)C(=O)NCc1ccc(OC)cc1. The largest absolute Gasteiger partial charge is 0.497 e. The van der Waals surface area contributed by atoms with Gasteiger partial charge in [-0.15, -0.1) is 0 Å². The van der Waals surface area contributed by atoms with Crippen molar-refractivity contribution in [2.45, 2.75) is 67.1 Å². The summed E-state index contributed by atoms with van der Waals surface area (Å²) in [6, 6.07) is 14.6. The van der Waals surface area contributed by atoms with Gasteiger partial charge in [-0.25, -0.2) is 14.6 Å². The molecule has 58 heavy (non-hydrogen) atoms. The third kappa shape index (κ3) is 15.6. The molecule has 2 aromatic carbocycles. The number of amides is 2. The summed E-state index contributed by atoms with van der Waals surface area (Å²) < 4.78 is 33.8. The maximum Gasteiger partial charge on any atom is 0.351 e. The summed E-state index contributed by atoms with van der Waals surface area (Å²) in [6.07, 6.45) is 3.94. The van der Waals surface area contributed by atoms with Gasteiger partial charge in [-0.05, 0) is 73.2 Å². The number of nitrogens with one attached hydrogen (secondary N) is 3. The zero-order valence-electron chi connectivity index (χ0n) is 33.4. The van der Waals surface area contributed by atoms with Gasteiger partial charge in [-0.3, -0.25) is 14.2 Å². The molecular formula is C40H52N6O10S2. The molecule has 3 N–H and O–H groups in total. The van der Waals surface area contributed by atoms with Gasteiger partial charge in [0.2, 0.25) is 11.8 Å². The van der Waals surface area contributed by atoms with E-state index in [1.165, 1.54) is 34.3 Å². The van der Waals surface area contributed by atoms with Gasteiger partial charge in [0.25, 0.3) is 0 Å². The molecule has 2 heterocycles. The number of aromatic amines is 1. The molecule has 2 atom stereocenters. The summed E-state index contributed by atoms with van der Waals surface area (Å²) in [5.41, 5.74) is 2.20. The van der Waals surface area contributed by atoms with Crippen LogP contribution in [0.1, 0.15) is 35.1 Å². The van der Waals surface area contributed by atoms with Crippen LogP contribution in [0.2, 0.25) is 0 Å². The third-order valence-corrected chi connectivity index (χ3v) is 11.2. The fourth-order valence-corrected chi connectivity index (χ4v) is 7.31. The van der Waals surface area contributed by atoms with E-state index in [4.69, 9.17) is 28.4 Å². The van der Waals surface area contributed by atoms with Crippen molar-refractivity contribution in [3.63, 3.8) is 0 Å². The number of aryl methyl sites for hydroxylation is 2. The van der Waals surface area contributed by atoms with Crippen molar-refractivity contribution in [3.05, 3.63) is 104 Å². The fourth-order valence-electron chi connectivity index (χ4n) is 5.19. The standard InChI is InChI=1S/C40H52N6O10S2/c1-27-22-43-39(49)44-37(27)57-33(14-16-54-20-18-51-3)35(47)42-24-30-8-12-32(13-9-30)56-26-46-25-28(2)38(45-40(46)50)58-34(15-17-55-21-19-52-4)36(48)41-23-29-6-10-31(53-5)11-7-29/h6-13,22,25,33-34H,14-21,23-24,26H2,1-5H3,(H,41,48)(H,42,47)(H,43,44,49)/t33-,34+/m1/s1. The van der Waals surface area contributed by atoms with E-state index in [1.807, 2.05) is 50.2 Å². The highest BCUT2D eigenvalue weighted by atomic mass is 32.2. The van der Waals surface area contributed by atoms with Crippen LogP contribution in [0, 0.1) is 13.8 Å². The summed E-state index contributed by atoms with van der Waals surface area (Å²) in [5, 5.41) is 5.88. The molecule has 16 nitrogen and oxygen atoms in total. The Bertz CT molecular complexity index is 2000. The maximum absolute atomic E-state index is 13.4. The van der Waals surface area contributed by atoms with Gasteiger partial charge in [0.15, 0.2) is 6.73 Å². The zero-order valence-corrected chi connectivity index (χ0v) is 35.1. The lowest BCUT2D eigenvalue weighted by molar-refractivity contribution is -0.121. The molecule has 4 rings (SSSR count). The first-order chi connectivity index (χ1) is 28.1.